The molecule has 0 saturated carbocycles. The molecule has 1 fully saturated rings. The lowest BCUT2D eigenvalue weighted by Crippen LogP contribution is -2.43. The quantitative estimate of drug-likeness (QED) is 0.812. The molecule has 5 heteroatoms. The first-order chi connectivity index (χ1) is 13.1. The second kappa shape index (κ2) is 9.51. The van der Waals surface area contributed by atoms with E-state index in [2.05, 4.69) is 10.2 Å². The third-order valence-electron chi connectivity index (χ3n) is 5.07. The lowest BCUT2D eigenvalue weighted by atomic mass is 9.96. The second-order valence-electron chi connectivity index (χ2n) is 7.09. The summed E-state index contributed by atoms with van der Waals surface area (Å²) in [4.78, 5) is 14.8. The number of piperidine rings is 1. The highest BCUT2D eigenvalue weighted by atomic mass is 19.1. The number of hydrogen-bond donors (Lipinski definition) is 1. The molecule has 0 aliphatic carbocycles. The molecule has 1 aliphatic heterocycles. The van der Waals surface area contributed by atoms with Crippen molar-refractivity contribution in [1.29, 1.82) is 0 Å². The normalized spacial score (nSPS) is 17.5. The van der Waals surface area contributed by atoms with E-state index in [1.54, 1.807) is 7.11 Å². The van der Waals surface area contributed by atoms with Crippen LogP contribution in [0.1, 0.15) is 24.0 Å². The summed E-state index contributed by atoms with van der Waals surface area (Å²) in [5.74, 6) is 0.778. The molecule has 4 nitrogen and oxygen atoms in total. The molecule has 1 N–H and O–H groups in total. The van der Waals surface area contributed by atoms with Crippen LogP contribution in [0.25, 0.3) is 0 Å². The maximum atomic E-state index is 13.0. The molecule has 0 unspecified atom stereocenters. The molecule has 27 heavy (non-hydrogen) atoms. The van der Waals surface area contributed by atoms with E-state index in [-0.39, 0.29) is 17.6 Å². The molecule has 0 aromatic heterocycles. The summed E-state index contributed by atoms with van der Waals surface area (Å²) in [6.07, 6.45) is 2.74. The minimum Gasteiger partial charge on any atom is -0.497 e. The van der Waals surface area contributed by atoms with E-state index in [0.717, 1.165) is 50.2 Å². The van der Waals surface area contributed by atoms with Gasteiger partial charge in [0.1, 0.15) is 11.6 Å². The minimum absolute atomic E-state index is 0.0232. The molecule has 1 heterocycles. The molecule has 1 atom stereocenters. The monoisotopic (exact) mass is 370 g/mol. The summed E-state index contributed by atoms with van der Waals surface area (Å²) < 4.78 is 18.2. The highest BCUT2D eigenvalue weighted by Crippen LogP contribution is 2.19. The first-order valence-corrected chi connectivity index (χ1v) is 9.51. The molecular weight excluding hydrogens is 343 g/mol. The van der Waals surface area contributed by atoms with Crippen LogP contribution in [0.15, 0.2) is 48.5 Å². The summed E-state index contributed by atoms with van der Waals surface area (Å²) in [5.41, 5.74) is 2.26. The average Bonchev–Trinajstić information content (AvgIpc) is 2.70. The van der Waals surface area contributed by atoms with Crippen LogP contribution < -0.4 is 10.1 Å². The zero-order valence-corrected chi connectivity index (χ0v) is 15.8. The van der Waals surface area contributed by atoms with Crippen LogP contribution in [0, 0.1) is 11.7 Å². The number of amides is 1. The molecule has 2 aromatic rings. The van der Waals surface area contributed by atoms with E-state index in [1.165, 1.54) is 17.7 Å². The SMILES string of the molecule is COc1ccc(CCNC(=O)[C@H]2CCCN(Cc3ccc(F)cc3)C2)cc1. The Labute approximate surface area is 160 Å². The number of ether oxygens (including phenoxy) is 1. The molecule has 1 aliphatic rings. The van der Waals surface area contributed by atoms with E-state index in [1.807, 2.05) is 36.4 Å². The number of rotatable bonds is 7. The number of methoxy groups -OCH3 is 1. The molecule has 144 valence electrons. The fourth-order valence-corrected chi connectivity index (χ4v) is 3.53. The third kappa shape index (κ3) is 5.79. The Balaban J connectivity index is 1.44. The van der Waals surface area contributed by atoms with Gasteiger partial charge in [-0.15, -0.1) is 0 Å². The van der Waals surface area contributed by atoms with Gasteiger partial charge in [0, 0.05) is 19.6 Å². The maximum Gasteiger partial charge on any atom is 0.224 e. The van der Waals surface area contributed by atoms with Crippen molar-refractivity contribution in [3.8, 4) is 5.75 Å². The first kappa shape index (κ1) is 19.4. The molecule has 0 bridgehead atoms. The standard InChI is InChI=1S/C22H27FN2O2/c1-27-21-10-6-17(7-11-21)12-13-24-22(26)19-3-2-14-25(16-19)15-18-4-8-20(23)9-5-18/h4-11,19H,2-3,12-16H2,1H3,(H,24,26)/t19-/m0/s1. The Morgan fingerprint density at radius 2 is 1.85 bits per heavy atom. The smallest absolute Gasteiger partial charge is 0.224 e. The van der Waals surface area contributed by atoms with Gasteiger partial charge < -0.3 is 10.1 Å². The van der Waals surface area contributed by atoms with E-state index in [9.17, 15) is 9.18 Å². The second-order valence-corrected chi connectivity index (χ2v) is 7.09. The number of carbonyl (C=O) groups excluding carboxylic acids is 1. The molecule has 1 saturated heterocycles. The van der Waals surface area contributed by atoms with E-state index >= 15 is 0 Å². The van der Waals surface area contributed by atoms with Crippen LogP contribution in [-0.2, 0) is 17.8 Å². The Hall–Kier alpha value is -2.40. The first-order valence-electron chi connectivity index (χ1n) is 9.51. The lowest BCUT2D eigenvalue weighted by molar-refractivity contribution is -0.126. The summed E-state index contributed by atoms with van der Waals surface area (Å²) in [7, 11) is 1.65. The Morgan fingerprint density at radius 1 is 1.15 bits per heavy atom. The zero-order valence-electron chi connectivity index (χ0n) is 15.8. The number of hydrogen-bond acceptors (Lipinski definition) is 3. The zero-order chi connectivity index (χ0) is 19.1. The van der Waals surface area contributed by atoms with Crippen molar-refractivity contribution in [1.82, 2.24) is 10.2 Å². The Morgan fingerprint density at radius 3 is 2.56 bits per heavy atom. The van der Waals surface area contributed by atoms with Gasteiger partial charge in [-0.25, -0.2) is 4.39 Å². The van der Waals surface area contributed by atoms with Gasteiger partial charge in [-0.1, -0.05) is 24.3 Å². The number of carbonyl (C=O) groups is 1. The molecule has 3 rings (SSSR count). The number of likely N-dealkylation sites (tertiary alicyclic amines) is 1. The number of nitrogens with zero attached hydrogens (tertiary/aromatic N) is 1. The summed E-state index contributed by atoms with van der Waals surface area (Å²) in [6, 6.07) is 14.5. The molecular formula is C22H27FN2O2. The van der Waals surface area contributed by atoms with Gasteiger partial charge >= 0.3 is 0 Å². The average molecular weight is 370 g/mol. The fraction of sp³-hybridized carbons (Fsp3) is 0.409. The van der Waals surface area contributed by atoms with Gasteiger partial charge in [-0.3, -0.25) is 9.69 Å². The van der Waals surface area contributed by atoms with Gasteiger partial charge in [0.05, 0.1) is 13.0 Å². The summed E-state index contributed by atoms with van der Waals surface area (Å²) in [5, 5.41) is 3.07. The minimum atomic E-state index is -0.216. The highest BCUT2D eigenvalue weighted by molar-refractivity contribution is 5.79. The topological polar surface area (TPSA) is 41.6 Å². The van der Waals surface area contributed by atoms with E-state index < -0.39 is 0 Å². The van der Waals surface area contributed by atoms with Crippen LogP contribution in [-0.4, -0.2) is 37.6 Å². The largest absolute Gasteiger partial charge is 0.497 e. The molecule has 2 aromatic carbocycles. The lowest BCUT2D eigenvalue weighted by Gasteiger charge is -2.32. The van der Waals surface area contributed by atoms with Crippen LogP contribution in [0.2, 0.25) is 0 Å². The van der Waals surface area contributed by atoms with Gasteiger partial charge in [0.15, 0.2) is 0 Å². The van der Waals surface area contributed by atoms with Crippen LogP contribution in [0.3, 0.4) is 0 Å². The van der Waals surface area contributed by atoms with Crippen molar-refractivity contribution in [2.24, 2.45) is 5.92 Å². The van der Waals surface area contributed by atoms with Crippen molar-refractivity contribution >= 4 is 5.91 Å². The summed E-state index contributed by atoms with van der Waals surface area (Å²) >= 11 is 0. The van der Waals surface area contributed by atoms with Crippen LogP contribution >= 0.6 is 0 Å². The number of benzene rings is 2. The fourth-order valence-electron chi connectivity index (χ4n) is 3.53. The van der Waals surface area contributed by atoms with Crippen molar-refractivity contribution in [2.45, 2.75) is 25.8 Å². The van der Waals surface area contributed by atoms with Gasteiger partial charge in [-0.2, -0.15) is 0 Å². The maximum absolute atomic E-state index is 13.0. The van der Waals surface area contributed by atoms with Gasteiger partial charge in [-0.05, 0) is 61.2 Å². The van der Waals surface area contributed by atoms with E-state index in [0.29, 0.717) is 6.54 Å². The van der Waals surface area contributed by atoms with Crippen molar-refractivity contribution in [3.63, 3.8) is 0 Å². The predicted molar refractivity (Wildman–Crippen MR) is 104 cm³/mol. The van der Waals surface area contributed by atoms with E-state index in [4.69, 9.17) is 4.74 Å². The van der Waals surface area contributed by atoms with Crippen molar-refractivity contribution in [3.05, 3.63) is 65.5 Å². The van der Waals surface area contributed by atoms with Crippen LogP contribution in [0.5, 0.6) is 5.75 Å². The highest BCUT2D eigenvalue weighted by Gasteiger charge is 2.25. The molecule has 1 amide bonds. The van der Waals surface area contributed by atoms with Gasteiger partial charge in [0.2, 0.25) is 5.91 Å². The number of nitrogens with one attached hydrogen (secondary N) is 1. The van der Waals surface area contributed by atoms with Gasteiger partial charge in [0.25, 0.3) is 0 Å². The Kier molecular flexibility index (Phi) is 6.82. The predicted octanol–water partition coefficient (Wildman–Crippen LogP) is 3.41. The molecule has 0 spiro atoms. The molecule has 0 radical (unpaired) electrons. The number of halogens is 1. The van der Waals surface area contributed by atoms with Crippen molar-refractivity contribution < 1.29 is 13.9 Å². The third-order valence-corrected chi connectivity index (χ3v) is 5.07. The Bertz CT molecular complexity index is 731. The van der Waals surface area contributed by atoms with Crippen molar-refractivity contribution in [2.75, 3.05) is 26.7 Å². The summed E-state index contributed by atoms with van der Waals surface area (Å²) in [6.45, 7) is 3.13. The van der Waals surface area contributed by atoms with Crippen LogP contribution in [0.4, 0.5) is 4.39 Å².